The third-order valence-electron chi connectivity index (χ3n) is 5.91. The Kier molecular flexibility index (Phi) is 3.96. The third-order valence-corrected chi connectivity index (χ3v) is 7.84. The molecule has 2 atom stereocenters. The van der Waals surface area contributed by atoms with E-state index < -0.39 is 10.0 Å². The Labute approximate surface area is 164 Å². The van der Waals surface area contributed by atoms with Crippen molar-refractivity contribution in [1.29, 1.82) is 0 Å². The van der Waals surface area contributed by atoms with Gasteiger partial charge in [0.1, 0.15) is 5.75 Å². The lowest BCUT2D eigenvalue weighted by molar-refractivity contribution is 0.298. The smallest absolute Gasteiger partial charge is 0.214 e. The van der Waals surface area contributed by atoms with Crippen LogP contribution in [0.4, 0.5) is 0 Å². The van der Waals surface area contributed by atoms with Gasteiger partial charge in [-0.05, 0) is 31.9 Å². The summed E-state index contributed by atoms with van der Waals surface area (Å²) in [6.45, 7) is 1.71. The van der Waals surface area contributed by atoms with Gasteiger partial charge in [0.05, 0.1) is 30.3 Å². The number of nitrogens with zero attached hydrogens (tertiary/aromatic N) is 4. The molecule has 0 aliphatic carbocycles. The molecule has 2 aromatic heterocycles. The normalized spacial score (nSPS) is 21.8. The van der Waals surface area contributed by atoms with E-state index in [9.17, 15) is 8.42 Å². The van der Waals surface area contributed by atoms with Crippen LogP contribution in [0.2, 0.25) is 0 Å². The van der Waals surface area contributed by atoms with E-state index in [1.54, 1.807) is 18.3 Å². The SMILES string of the molecule is CCS(=O)(=O)N1C2CCC1c1cnc3cc(-c4ccccc4OC)nn3c1C2. The summed E-state index contributed by atoms with van der Waals surface area (Å²) in [6.07, 6.45) is 4.21. The molecule has 1 fully saturated rings. The average molecular weight is 398 g/mol. The van der Waals surface area contributed by atoms with Crippen molar-refractivity contribution in [3.05, 3.63) is 47.8 Å². The fraction of sp³-hybridized carbons (Fsp3) is 0.400. The van der Waals surface area contributed by atoms with Crippen molar-refractivity contribution in [3.8, 4) is 17.0 Å². The molecule has 0 radical (unpaired) electrons. The summed E-state index contributed by atoms with van der Waals surface area (Å²) in [6, 6.07) is 9.61. The summed E-state index contributed by atoms with van der Waals surface area (Å²) >= 11 is 0. The molecule has 146 valence electrons. The summed E-state index contributed by atoms with van der Waals surface area (Å²) in [5.41, 5.74) is 4.53. The monoisotopic (exact) mass is 398 g/mol. The highest BCUT2D eigenvalue weighted by atomic mass is 32.2. The Morgan fingerprint density at radius 2 is 2.07 bits per heavy atom. The minimum Gasteiger partial charge on any atom is -0.496 e. The predicted octanol–water partition coefficient (Wildman–Crippen LogP) is 2.82. The van der Waals surface area contributed by atoms with Crippen LogP contribution in [0.3, 0.4) is 0 Å². The maximum Gasteiger partial charge on any atom is 0.214 e. The Bertz CT molecular complexity index is 1170. The highest BCUT2D eigenvalue weighted by molar-refractivity contribution is 7.89. The van der Waals surface area contributed by atoms with Crippen molar-refractivity contribution in [2.75, 3.05) is 12.9 Å². The van der Waals surface area contributed by atoms with Gasteiger partial charge in [-0.15, -0.1) is 0 Å². The summed E-state index contributed by atoms with van der Waals surface area (Å²) in [5.74, 6) is 0.894. The molecule has 0 spiro atoms. The van der Waals surface area contributed by atoms with Crippen molar-refractivity contribution >= 4 is 15.7 Å². The van der Waals surface area contributed by atoms with E-state index >= 15 is 0 Å². The van der Waals surface area contributed by atoms with Gasteiger partial charge in [0.2, 0.25) is 10.0 Å². The van der Waals surface area contributed by atoms with Crippen LogP contribution in [-0.2, 0) is 16.4 Å². The zero-order chi connectivity index (χ0) is 19.5. The lowest BCUT2D eigenvalue weighted by atomic mass is 10.0. The molecule has 4 heterocycles. The van der Waals surface area contributed by atoms with E-state index in [4.69, 9.17) is 9.84 Å². The number of benzene rings is 1. The first kappa shape index (κ1) is 17.6. The molecule has 28 heavy (non-hydrogen) atoms. The van der Waals surface area contributed by atoms with Crippen molar-refractivity contribution in [1.82, 2.24) is 18.9 Å². The van der Waals surface area contributed by atoms with Gasteiger partial charge in [-0.3, -0.25) is 0 Å². The summed E-state index contributed by atoms with van der Waals surface area (Å²) in [5, 5.41) is 4.82. The van der Waals surface area contributed by atoms with Gasteiger partial charge in [-0.2, -0.15) is 9.40 Å². The number of fused-ring (bicyclic) bond motifs is 6. The van der Waals surface area contributed by atoms with Gasteiger partial charge < -0.3 is 4.74 Å². The molecule has 5 rings (SSSR count). The average Bonchev–Trinajstić information content (AvgIpc) is 3.29. The first-order valence-electron chi connectivity index (χ1n) is 9.55. The second-order valence-electron chi connectivity index (χ2n) is 7.34. The van der Waals surface area contributed by atoms with Crippen LogP contribution in [0.25, 0.3) is 16.9 Å². The standard InChI is InChI=1S/C20H22N4O3S/c1-3-28(25,26)24-13-8-9-17(24)15-12-21-20-11-16(22-23(20)18(15)10-13)14-6-4-5-7-19(14)27-2/h4-7,11-13,17H,3,8-10H2,1-2H3. The van der Waals surface area contributed by atoms with E-state index in [2.05, 4.69) is 4.98 Å². The highest BCUT2D eigenvalue weighted by Crippen LogP contribution is 2.45. The fourth-order valence-electron chi connectivity index (χ4n) is 4.60. The molecular weight excluding hydrogens is 376 g/mol. The van der Waals surface area contributed by atoms with Gasteiger partial charge >= 0.3 is 0 Å². The predicted molar refractivity (Wildman–Crippen MR) is 106 cm³/mol. The summed E-state index contributed by atoms with van der Waals surface area (Å²) < 4.78 is 34.3. The third kappa shape index (κ3) is 2.48. The highest BCUT2D eigenvalue weighted by Gasteiger charge is 2.46. The van der Waals surface area contributed by atoms with Crippen molar-refractivity contribution in [2.45, 2.75) is 38.3 Å². The van der Waals surface area contributed by atoms with Crippen LogP contribution in [0, 0.1) is 0 Å². The number of rotatable bonds is 4. The number of sulfonamides is 1. The number of para-hydroxylation sites is 1. The molecule has 7 nitrogen and oxygen atoms in total. The minimum absolute atomic E-state index is 0.00645. The van der Waals surface area contributed by atoms with E-state index in [0.29, 0.717) is 6.42 Å². The quantitative estimate of drug-likeness (QED) is 0.675. The lowest BCUT2D eigenvalue weighted by Gasteiger charge is -2.34. The molecule has 2 aliphatic rings. The van der Waals surface area contributed by atoms with Gasteiger partial charge in [0.15, 0.2) is 5.65 Å². The summed E-state index contributed by atoms with van der Waals surface area (Å²) in [4.78, 5) is 4.59. The van der Waals surface area contributed by atoms with Gasteiger partial charge in [-0.25, -0.2) is 17.9 Å². The Balaban J connectivity index is 1.65. The van der Waals surface area contributed by atoms with E-state index in [0.717, 1.165) is 46.8 Å². The van der Waals surface area contributed by atoms with Crippen LogP contribution in [0.5, 0.6) is 5.75 Å². The molecule has 1 aromatic carbocycles. The number of methoxy groups -OCH3 is 1. The maximum absolute atomic E-state index is 12.6. The van der Waals surface area contributed by atoms with Gasteiger partial charge in [0, 0.05) is 35.9 Å². The van der Waals surface area contributed by atoms with Gasteiger partial charge in [-0.1, -0.05) is 12.1 Å². The molecule has 8 heteroatoms. The lowest BCUT2D eigenvalue weighted by Crippen LogP contribution is -2.43. The van der Waals surface area contributed by atoms with E-state index in [1.807, 2.05) is 41.0 Å². The van der Waals surface area contributed by atoms with Crippen molar-refractivity contribution in [3.63, 3.8) is 0 Å². The zero-order valence-corrected chi connectivity index (χ0v) is 16.7. The van der Waals surface area contributed by atoms with Crippen LogP contribution in [-0.4, -0.2) is 46.2 Å². The molecule has 1 saturated heterocycles. The van der Waals surface area contributed by atoms with Crippen LogP contribution >= 0.6 is 0 Å². The molecule has 2 aliphatic heterocycles. The molecule has 3 aromatic rings. The van der Waals surface area contributed by atoms with Crippen LogP contribution in [0.15, 0.2) is 36.5 Å². The number of hydrogen-bond donors (Lipinski definition) is 0. The first-order valence-corrected chi connectivity index (χ1v) is 11.2. The van der Waals surface area contributed by atoms with Crippen molar-refractivity contribution < 1.29 is 13.2 Å². The fourth-order valence-corrected chi connectivity index (χ4v) is 6.14. The second-order valence-corrected chi connectivity index (χ2v) is 9.50. The topological polar surface area (TPSA) is 76.8 Å². The molecular formula is C20H22N4O3S. The molecule has 0 saturated carbocycles. The number of aromatic nitrogens is 3. The van der Waals surface area contributed by atoms with Crippen molar-refractivity contribution in [2.24, 2.45) is 0 Å². The number of hydrogen-bond acceptors (Lipinski definition) is 5. The Morgan fingerprint density at radius 1 is 1.25 bits per heavy atom. The Hall–Kier alpha value is -2.45. The molecule has 2 bridgehead atoms. The van der Waals surface area contributed by atoms with Crippen LogP contribution in [0.1, 0.15) is 37.1 Å². The first-order chi connectivity index (χ1) is 13.5. The minimum atomic E-state index is -3.24. The van der Waals surface area contributed by atoms with E-state index in [1.165, 1.54) is 0 Å². The second kappa shape index (κ2) is 6.28. The maximum atomic E-state index is 12.6. The zero-order valence-electron chi connectivity index (χ0n) is 15.9. The summed E-state index contributed by atoms with van der Waals surface area (Å²) in [7, 11) is -1.59. The largest absolute Gasteiger partial charge is 0.496 e. The number of ether oxygens (including phenoxy) is 1. The van der Waals surface area contributed by atoms with Gasteiger partial charge in [0.25, 0.3) is 0 Å². The van der Waals surface area contributed by atoms with Crippen LogP contribution < -0.4 is 4.74 Å². The molecule has 2 unspecified atom stereocenters. The molecule has 0 amide bonds. The Morgan fingerprint density at radius 3 is 2.86 bits per heavy atom. The molecule has 0 N–H and O–H groups in total. The van der Waals surface area contributed by atoms with E-state index in [-0.39, 0.29) is 17.8 Å².